The number of aliphatic hydroxyl groups excluding tert-OH is 1. The Bertz CT molecular complexity index is 313. The molecule has 0 aliphatic heterocycles. The van der Waals surface area contributed by atoms with Gasteiger partial charge in [0.25, 0.3) is 0 Å². The predicted molar refractivity (Wildman–Crippen MR) is 60.1 cm³/mol. The van der Waals surface area contributed by atoms with Crippen LogP contribution in [-0.2, 0) is 4.79 Å². The molecule has 0 unspecified atom stereocenters. The summed E-state index contributed by atoms with van der Waals surface area (Å²) in [5.41, 5.74) is 5.25. The lowest BCUT2D eigenvalue weighted by atomic mass is 10.1. The zero-order valence-electron chi connectivity index (χ0n) is 8.89. The summed E-state index contributed by atoms with van der Waals surface area (Å²) in [6.07, 6.45) is 1.75. The Balaban J connectivity index is 2.45. The topological polar surface area (TPSA) is 111 Å². The zero-order chi connectivity index (χ0) is 12.0. The van der Waals surface area contributed by atoms with E-state index in [2.05, 4.69) is 10.3 Å². The van der Waals surface area contributed by atoms with Crippen molar-refractivity contribution in [2.24, 2.45) is 5.73 Å². The van der Waals surface area contributed by atoms with Gasteiger partial charge in [0.05, 0.1) is 6.10 Å². The van der Waals surface area contributed by atoms with Gasteiger partial charge >= 0.3 is 5.97 Å². The molecule has 1 rings (SSSR count). The number of hydrogen-bond donors (Lipinski definition) is 5. The molecule has 0 aromatic carbocycles. The second kappa shape index (κ2) is 6.14. The van der Waals surface area contributed by atoms with Gasteiger partial charge < -0.3 is 26.2 Å². The highest BCUT2D eigenvalue weighted by Gasteiger charge is 2.18. The average Bonchev–Trinajstić information content (AvgIpc) is 2.75. The van der Waals surface area contributed by atoms with E-state index >= 15 is 0 Å². The van der Waals surface area contributed by atoms with Crippen LogP contribution in [0.4, 0.5) is 5.82 Å². The Kier molecular flexibility index (Phi) is 4.81. The van der Waals surface area contributed by atoms with Gasteiger partial charge in [0.2, 0.25) is 0 Å². The van der Waals surface area contributed by atoms with Crippen LogP contribution in [-0.4, -0.2) is 39.9 Å². The molecule has 6 heteroatoms. The van der Waals surface area contributed by atoms with Crippen LogP contribution >= 0.6 is 0 Å². The highest BCUT2D eigenvalue weighted by Crippen LogP contribution is 2.09. The summed E-state index contributed by atoms with van der Waals surface area (Å²) in [7, 11) is 0. The Labute approximate surface area is 93.5 Å². The normalized spacial score (nSPS) is 14.4. The third-order valence-corrected chi connectivity index (χ3v) is 2.29. The van der Waals surface area contributed by atoms with Gasteiger partial charge in [-0.1, -0.05) is 0 Å². The first kappa shape index (κ1) is 12.5. The highest BCUT2D eigenvalue weighted by molar-refractivity contribution is 5.76. The van der Waals surface area contributed by atoms with Crippen LogP contribution in [0.5, 0.6) is 0 Å². The summed E-state index contributed by atoms with van der Waals surface area (Å²) in [6, 6.07) is 2.80. The third-order valence-electron chi connectivity index (χ3n) is 2.29. The molecule has 90 valence electrons. The molecule has 0 amide bonds. The lowest BCUT2D eigenvalue weighted by molar-refractivity contribution is -0.138. The number of aromatic amines is 1. The van der Waals surface area contributed by atoms with Gasteiger partial charge in [-0.25, -0.2) is 4.79 Å². The molecular weight excluding hydrogens is 210 g/mol. The molecule has 6 N–H and O–H groups in total. The Morgan fingerprint density at radius 1 is 1.56 bits per heavy atom. The van der Waals surface area contributed by atoms with E-state index in [1.807, 2.05) is 0 Å². The largest absolute Gasteiger partial charge is 0.480 e. The summed E-state index contributed by atoms with van der Waals surface area (Å²) in [5.74, 6) is -0.298. The van der Waals surface area contributed by atoms with Crippen LogP contribution < -0.4 is 11.1 Å². The highest BCUT2D eigenvalue weighted by atomic mass is 16.4. The number of anilines is 1. The van der Waals surface area contributed by atoms with E-state index in [1.165, 1.54) is 0 Å². The fraction of sp³-hybridized carbons (Fsp3) is 0.500. The number of carboxylic acids is 1. The number of rotatable bonds is 7. The molecule has 6 nitrogen and oxygen atoms in total. The molecule has 1 aromatic heterocycles. The van der Waals surface area contributed by atoms with Crippen molar-refractivity contribution in [1.82, 2.24) is 4.98 Å². The quantitative estimate of drug-likeness (QED) is 0.449. The molecule has 0 aliphatic carbocycles. The second-order valence-electron chi connectivity index (χ2n) is 3.59. The monoisotopic (exact) mass is 227 g/mol. The molecule has 2 atom stereocenters. The van der Waals surface area contributed by atoms with Crippen molar-refractivity contribution < 1.29 is 15.0 Å². The van der Waals surface area contributed by atoms with Crippen molar-refractivity contribution in [3.8, 4) is 0 Å². The number of aliphatic carboxylic acids is 1. The zero-order valence-corrected chi connectivity index (χ0v) is 8.89. The Morgan fingerprint density at radius 2 is 2.31 bits per heavy atom. The fourth-order valence-corrected chi connectivity index (χ4v) is 1.34. The van der Waals surface area contributed by atoms with Gasteiger partial charge in [-0.15, -0.1) is 0 Å². The van der Waals surface area contributed by atoms with Gasteiger partial charge in [-0.2, -0.15) is 0 Å². The summed E-state index contributed by atoms with van der Waals surface area (Å²) in [5, 5.41) is 21.1. The summed E-state index contributed by atoms with van der Waals surface area (Å²) < 4.78 is 0. The number of carbonyl (C=O) groups is 1. The van der Waals surface area contributed by atoms with Crippen LogP contribution in [0.1, 0.15) is 12.8 Å². The average molecular weight is 227 g/mol. The second-order valence-corrected chi connectivity index (χ2v) is 3.59. The lowest BCUT2D eigenvalue weighted by Crippen LogP contribution is -2.31. The molecule has 1 aromatic rings. The molecule has 1 heterocycles. The number of hydrogen-bond acceptors (Lipinski definition) is 4. The molecule has 0 fully saturated rings. The number of H-pyrrole nitrogens is 1. The lowest BCUT2D eigenvalue weighted by Gasteiger charge is -2.16. The van der Waals surface area contributed by atoms with Crippen LogP contribution in [0.3, 0.4) is 0 Å². The third kappa shape index (κ3) is 3.92. The van der Waals surface area contributed by atoms with Gasteiger partial charge in [0.1, 0.15) is 11.9 Å². The minimum atomic E-state index is -0.946. The fourth-order valence-electron chi connectivity index (χ4n) is 1.34. The van der Waals surface area contributed by atoms with Gasteiger partial charge in [0.15, 0.2) is 0 Å². The molecule has 0 bridgehead atoms. The van der Waals surface area contributed by atoms with Crippen LogP contribution in [0.2, 0.25) is 0 Å². The van der Waals surface area contributed by atoms with Gasteiger partial charge in [-0.3, -0.25) is 0 Å². The Morgan fingerprint density at radius 3 is 2.81 bits per heavy atom. The minimum absolute atomic E-state index is 0.148. The van der Waals surface area contributed by atoms with E-state index in [-0.39, 0.29) is 6.54 Å². The number of aromatic nitrogens is 1. The number of nitrogens with two attached hydrogens (primary N) is 1. The van der Waals surface area contributed by atoms with Crippen LogP contribution in [0.25, 0.3) is 0 Å². The van der Waals surface area contributed by atoms with Crippen molar-refractivity contribution in [3.05, 3.63) is 18.3 Å². The minimum Gasteiger partial charge on any atom is -0.480 e. The SMILES string of the molecule is NC[C@H](O)CC[C@H](Nc1ccc[nH]1)C(=O)O. The molecule has 0 saturated heterocycles. The van der Waals surface area contributed by atoms with Crippen molar-refractivity contribution in [2.45, 2.75) is 25.0 Å². The van der Waals surface area contributed by atoms with Gasteiger partial charge in [-0.05, 0) is 25.0 Å². The van der Waals surface area contributed by atoms with E-state index in [9.17, 15) is 9.90 Å². The van der Waals surface area contributed by atoms with Gasteiger partial charge in [0, 0.05) is 12.7 Å². The van der Waals surface area contributed by atoms with Crippen LogP contribution in [0.15, 0.2) is 18.3 Å². The van der Waals surface area contributed by atoms with E-state index in [0.29, 0.717) is 18.7 Å². The molecule has 0 spiro atoms. The van der Waals surface area contributed by atoms with Crippen LogP contribution in [0, 0.1) is 0 Å². The molecule has 16 heavy (non-hydrogen) atoms. The Hall–Kier alpha value is -1.53. The number of aliphatic hydroxyl groups is 1. The smallest absolute Gasteiger partial charge is 0.326 e. The molecule has 0 saturated carbocycles. The first-order valence-electron chi connectivity index (χ1n) is 5.14. The van der Waals surface area contributed by atoms with Crippen molar-refractivity contribution in [1.29, 1.82) is 0 Å². The number of carboxylic acid groups (broad SMARTS) is 1. The van der Waals surface area contributed by atoms with E-state index < -0.39 is 18.1 Å². The maximum absolute atomic E-state index is 10.9. The molecule has 0 aliphatic rings. The van der Waals surface area contributed by atoms with Crippen molar-refractivity contribution >= 4 is 11.8 Å². The summed E-state index contributed by atoms with van der Waals surface area (Å²) >= 11 is 0. The maximum atomic E-state index is 10.9. The summed E-state index contributed by atoms with van der Waals surface area (Å²) in [4.78, 5) is 13.8. The van der Waals surface area contributed by atoms with Crippen molar-refractivity contribution in [2.75, 3.05) is 11.9 Å². The number of nitrogens with one attached hydrogen (secondary N) is 2. The summed E-state index contributed by atoms with van der Waals surface area (Å²) in [6.45, 7) is 0.148. The molecule has 0 radical (unpaired) electrons. The molecular formula is C10H17N3O3. The maximum Gasteiger partial charge on any atom is 0.326 e. The van der Waals surface area contributed by atoms with Crippen molar-refractivity contribution in [3.63, 3.8) is 0 Å². The first-order chi connectivity index (χ1) is 7.63. The van der Waals surface area contributed by atoms with E-state index in [0.717, 1.165) is 0 Å². The first-order valence-corrected chi connectivity index (χ1v) is 5.14. The van der Waals surface area contributed by atoms with E-state index in [1.54, 1.807) is 18.3 Å². The standard InChI is InChI=1S/C10H17N3O3/c11-6-7(14)3-4-8(10(15)16)13-9-2-1-5-12-9/h1-2,5,7-8,12-14H,3-4,6,11H2,(H,15,16)/t7-,8+/m1/s1. The predicted octanol–water partition coefficient (Wildman–Crippen LogP) is -0.0204. The van der Waals surface area contributed by atoms with E-state index in [4.69, 9.17) is 10.8 Å².